The molecule has 0 aliphatic rings. The molecular weight excluding hydrogens is 454 g/mol. The van der Waals surface area contributed by atoms with Gasteiger partial charge in [-0.1, -0.05) is 33.6 Å². The molecule has 1 N–H and O–H groups in total. The minimum atomic E-state index is -0.545. The summed E-state index contributed by atoms with van der Waals surface area (Å²) in [6.45, 7) is 3.99. The van der Waals surface area contributed by atoms with E-state index < -0.39 is 17.5 Å². The summed E-state index contributed by atoms with van der Waals surface area (Å²) in [6.07, 6.45) is 1.55. The molecule has 0 aliphatic carbocycles. The Kier molecular flexibility index (Phi) is 8.14. The molecule has 0 spiro atoms. The molecular formula is C20H18BrClF2N2O2. The van der Waals surface area contributed by atoms with Gasteiger partial charge >= 0.3 is 0 Å². The third-order valence-corrected chi connectivity index (χ3v) is 4.68. The van der Waals surface area contributed by atoms with E-state index in [1.807, 2.05) is 0 Å². The zero-order valence-electron chi connectivity index (χ0n) is 14.9. The van der Waals surface area contributed by atoms with Gasteiger partial charge in [-0.2, -0.15) is 0 Å². The van der Waals surface area contributed by atoms with Crippen molar-refractivity contribution in [2.45, 2.75) is 13.0 Å². The second-order valence-corrected chi connectivity index (χ2v) is 7.25. The third-order valence-electron chi connectivity index (χ3n) is 3.87. The summed E-state index contributed by atoms with van der Waals surface area (Å²) in [5.74, 6) is -1.74. The van der Waals surface area contributed by atoms with Crippen LogP contribution in [0.15, 0.2) is 53.5 Å². The molecule has 0 heterocycles. The standard InChI is InChI=1S/C20H18BrClF2N2O2/c1-2-9-26(12-13-10-14(21)3-6-18(13)24)19(27)7-8-25-20(28)16-5-4-15(23)11-17(16)22/h2-6,10-11H,1,7-9,12H2,(H,25,28). The van der Waals surface area contributed by atoms with Crippen LogP contribution >= 0.6 is 27.5 Å². The van der Waals surface area contributed by atoms with Crippen molar-refractivity contribution in [3.63, 3.8) is 0 Å². The zero-order chi connectivity index (χ0) is 20.7. The van der Waals surface area contributed by atoms with E-state index in [2.05, 4.69) is 27.8 Å². The van der Waals surface area contributed by atoms with Crippen LogP contribution in [0.2, 0.25) is 5.02 Å². The van der Waals surface area contributed by atoms with Crippen LogP contribution in [0.1, 0.15) is 22.3 Å². The Morgan fingerprint density at radius 2 is 1.96 bits per heavy atom. The maximum atomic E-state index is 14.0. The summed E-state index contributed by atoms with van der Waals surface area (Å²) in [5, 5.41) is 2.56. The lowest BCUT2D eigenvalue weighted by Crippen LogP contribution is -2.34. The Morgan fingerprint density at radius 3 is 2.64 bits per heavy atom. The average molecular weight is 472 g/mol. The van der Waals surface area contributed by atoms with Gasteiger partial charge in [0.15, 0.2) is 0 Å². The quantitative estimate of drug-likeness (QED) is 0.567. The first-order valence-corrected chi connectivity index (χ1v) is 9.54. The largest absolute Gasteiger partial charge is 0.351 e. The number of nitrogens with zero attached hydrogens (tertiary/aromatic N) is 1. The normalized spacial score (nSPS) is 10.4. The highest BCUT2D eigenvalue weighted by Crippen LogP contribution is 2.18. The number of hydrogen-bond donors (Lipinski definition) is 1. The number of rotatable bonds is 8. The summed E-state index contributed by atoms with van der Waals surface area (Å²) in [6, 6.07) is 7.95. The Hall–Kier alpha value is -2.25. The molecule has 2 amide bonds. The highest BCUT2D eigenvalue weighted by Gasteiger charge is 2.16. The van der Waals surface area contributed by atoms with Gasteiger partial charge < -0.3 is 10.2 Å². The van der Waals surface area contributed by atoms with Crippen molar-refractivity contribution in [2.75, 3.05) is 13.1 Å². The number of carbonyl (C=O) groups is 2. The molecule has 0 aromatic heterocycles. The fraction of sp³-hybridized carbons (Fsp3) is 0.200. The molecule has 28 heavy (non-hydrogen) atoms. The molecule has 2 aromatic carbocycles. The summed E-state index contributed by atoms with van der Waals surface area (Å²) >= 11 is 9.13. The zero-order valence-corrected chi connectivity index (χ0v) is 17.2. The molecule has 2 rings (SSSR count). The molecule has 0 fully saturated rings. The Balaban J connectivity index is 1.95. The van der Waals surface area contributed by atoms with Crippen LogP contribution in [0.4, 0.5) is 8.78 Å². The van der Waals surface area contributed by atoms with Gasteiger partial charge in [0.2, 0.25) is 5.91 Å². The van der Waals surface area contributed by atoms with Crippen molar-refractivity contribution in [3.05, 3.63) is 81.3 Å². The molecule has 0 bridgehead atoms. The minimum Gasteiger partial charge on any atom is -0.351 e. The second kappa shape index (κ2) is 10.3. The number of carbonyl (C=O) groups excluding carboxylic acids is 2. The highest BCUT2D eigenvalue weighted by atomic mass is 79.9. The molecule has 8 heteroatoms. The van der Waals surface area contributed by atoms with Gasteiger partial charge in [-0.05, 0) is 36.4 Å². The van der Waals surface area contributed by atoms with Crippen molar-refractivity contribution < 1.29 is 18.4 Å². The van der Waals surface area contributed by atoms with E-state index in [0.717, 1.165) is 12.1 Å². The van der Waals surface area contributed by atoms with E-state index in [1.165, 1.54) is 17.0 Å². The minimum absolute atomic E-state index is 0.00795. The lowest BCUT2D eigenvalue weighted by atomic mass is 10.2. The predicted octanol–water partition coefficient (Wildman–Crippen LogP) is 4.72. The summed E-state index contributed by atoms with van der Waals surface area (Å²) in [7, 11) is 0. The molecule has 0 saturated carbocycles. The molecule has 0 radical (unpaired) electrons. The number of nitrogens with one attached hydrogen (secondary N) is 1. The van der Waals surface area contributed by atoms with Crippen molar-refractivity contribution in [2.24, 2.45) is 0 Å². The van der Waals surface area contributed by atoms with Crippen molar-refractivity contribution in [1.82, 2.24) is 10.2 Å². The maximum Gasteiger partial charge on any atom is 0.252 e. The number of hydrogen-bond acceptors (Lipinski definition) is 2. The summed E-state index contributed by atoms with van der Waals surface area (Å²) in [5.41, 5.74) is 0.487. The maximum absolute atomic E-state index is 14.0. The van der Waals surface area contributed by atoms with E-state index in [0.29, 0.717) is 10.0 Å². The van der Waals surface area contributed by atoms with Crippen molar-refractivity contribution >= 4 is 39.3 Å². The molecule has 0 unspecified atom stereocenters. The van der Waals surface area contributed by atoms with E-state index in [9.17, 15) is 18.4 Å². The first kappa shape index (κ1) is 22.0. The van der Waals surface area contributed by atoms with Crippen LogP contribution in [0.3, 0.4) is 0 Å². The molecule has 148 valence electrons. The number of halogens is 4. The van der Waals surface area contributed by atoms with Crippen LogP contribution in [0.25, 0.3) is 0 Å². The Bertz CT molecular complexity index is 893. The van der Waals surface area contributed by atoms with Gasteiger partial charge in [-0.3, -0.25) is 9.59 Å². The Morgan fingerprint density at radius 1 is 1.21 bits per heavy atom. The lowest BCUT2D eigenvalue weighted by molar-refractivity contribution is -0.131. The van der Waals surface area contributed by atoms with Crippen molar-refractivity contribution in [3.8, 4) is 0 Å². The first-order valence-electron chi connectivity index (χ1n) is 8.37. The predicted molar refractivity (Wildman–Crippen MR) is 108 cm³/mol. The van der Waals surface area contributed by atoms with Crippen LogP contribution in [0, 0.1) is 11.6 Å². The Labute approximate surface area is 175 Å². The van der Waals surface area contributed by atoms with Crippen LogP contribution < -0.4 is 5.32 Å². The summed E-state index contributed by atoms with van der Waals surface area (Å²) < 4.78 is 27.7. The van der Waals surface area contributed by atoms with Gasteiger partial charge in [0.05, 0.1) is 10.6 Å². The highest BCUT2D eigenvalue weighted by molar-refractivity contribution is 9.10. The lowest BCUT2D eigenvalue weighted by Gasteiger charge is -2.22. The monoisotopic (exact) mass is 470 g/mol. The smallest absolute Gasteiger partial charge is 0.252 e. The van der Waals surface area contributed by atoms with Crippen molar-refractivity contribution in [1.29, 1.82) is 0 Å². The summed E-state index contributed by atoms with van der Waals surface area (Å²) in [4.78, 5) is 26.0. The molecule has 0 atom stereocenters. The molecule has 0 saturated heterocycles. The van der Waals surface area contributed by atoms with Crippen LogP contribution in [0.5, 0.6) is 0 Å². The van der Waals surface area contributed by atoms with Gasteiger partial charge in [0, 0.05) is 36.1 Å². The van der Waals surface area contributed by atoms with Gasteiger partial charge in [0.1, 0.15) is 11.6 Å². The number of amides is 2. The van der Waals surface area contributed by atoms with E-state index in [1.54, 1.807) is 18.2 Å². The SMILES string of the molecule is C=CCN(Cc1cc(Br)ccc1F)C(=O)CCNC(=O)c1ccc(F)cc1Cl. The fourth-order valence-corrected chi connectivity index (χ4v) is 3.15. The van der Waals surface area contributed by atoms with Crippen LogP contribution in [-0.2, 0) is 11.3 Å². The molecule has 4 nitrogen and oxygen atoms in total. The van der Waals surface area contributed by atoms with E-state index in [4.69, 9.17) is 11.6 Å². The fourth-order valence-electron chi connectivity index (χ4n) is 2.49. The topological polar surface area (TPSA) is 49.4 Å². The third kappa shape index (κ3) is 6.14. The van der Waals surface area contributed by atoms with E-state index in [-0.39, 0.29) is 42.5 Å². The molecule has 2 aromatic rings. The van der Waals surface area contributed by atoms with Gasteiger partial charge in [-0.25, -0.2) is 8.78 Å². The average Bonchev–Trinajstić information content (AvgIpc) is 2.64. The second-order valence-electron chi connectivity index (χ2n) is 5.93. The van der Waals surface area contributed by atoms with Gasteiger partial charge in [0.25, 0.3) is 5.91 Å². The number of benzene rings is 2. The van der Waals surface area contributed by atoms with Gasteiger partial charge in [-0.15, -0.1) is 6.58 Å². The van der Waals surface area contributed by atoms with E-state index >= 15 is 0 Å². The molecule has 0 aliphatic heterocycles. The first-order chi connectivity index (χ1) is 13.3. The van der Waals surface area contributed by atoms with Crippen LogP contribution in [-0.4, -0.2) is 29.8 Å².